The summed E-state index contributed by atoms with van der Waals surface area (Å²) in [5.74, 6) is 0.384. The molecule has 2 N–H and O–H groups in total. The predicted octanol–water partition coefficient (Wildman–Crippen LogP) is -0.517. The van der Waals surface area contributed by atoms with E-state index in [-0.39, 0.29) is 11.8 Å². The largest absolute Gasteiger partial charge is 0.351 e. The van der Waals surface area contributed by atoms with E-state index in [0.717, 1.165) is 13.0 Å². The highest BCUT2D eigenvalue weighted by atomic mass is 16.2. The second-order valence-electron chi connectivity index (χ2n) is 3.17. The van der Waals surface area contributed by atoms with Gasteiger partial charge in [0.2, 0.25) is 5.91 Å². The summed E-state index contributed by atoms with van der Waals surface area (Å²) in [5, 5.41) is 6.28. The van der Waals surface area contributed by atoms with Crippen LogP contribution in [0.25, 0.3) is 0 Å². The Balaban J connectivity index is 2.16. The molecule has 0 bridgehead atoms. The molecule has 2 saturated heterocycles. The molecule has 56 valence electrons. The van der Waals surface area contributed by atoms with Gasteiger partial charge in [0, 0.05) is 12.1 Å². The van der Waals surface area contributed by atoms with Gasteiger partial charge < -0.3 is 10.6 Å². The van der Waals surface area contributed by atoms with Crippen molar-refractivity contribution in [2.24, 2.45) is 5.92 Å². The summed E-state index contributed by atoms with van der Waals surface area (Å²) in [6.07, 6.45) is 1.10. The van der Waals surface area contributed by atoms with Gasteiger partial charge in [-0.2, -0.15) is 0 Å². The highest BCUT2D eigenvalue weighted by Crippen LogP contribution is 2.21. The first-order chi connectivity index (χ1) is 4.79. The van der Waals surface area contributed by atoms with Crippen LogP contribution in [0.15, 0.2) is 0 Å². The molecule has 3 nitrogen and oxygen atoms in total. The van der Waals surface area contributed by atoms with Gasteiger partial charge in [0.25, 0.3) is 0 Å². The number of amides is 1. The number of nitrogens with one attached hydrogen (secondary N) is 2. The van der Waals surface area contributed by atoms with E-state index in [1.54, 1.807) is 0 Å². The van der Waals surface area contributed by atoms with Crippen molar-refractivity contribution in [1.82, 2.24) is 10.6 Å². The van der Waals surface area contributed by atoms with Gasteiger partial charge >= 0.3 is 0 Å². The molecule has 0 aromatic carbocycles. The Morgan fingerprint density at radius 3 is 3.10 bits per heavy atom. The number of rotatable bonds is 0. The Labute approximate surface area is 60.2 Å². The molecule has 3 heteroatoms. The highest BCUT2D eigenvalue weighted by Gasteiger charge is 2.41. The van der Waals surface area contributed by atoms with E-state index in [9.17, 15) is 4.79 Å². The lowest BCUT2D eigenvalue weighted by Crippen LogP contribution is -2.32. The van der Waals surface area contributed by atoms with Crippen molar-refractivity contribution in [2.75, 3.05) is 6.54 Å². The molecule has 0 saturated carbocycles. The molecule has 0 aromatic rings. The van der Waals surface area contributed by atoms with Gasteiger partial charge in [0.1, 0.15) is 0 Å². The van der Waals surface area contributed by atoms with Crippen molar-refractivity contribution in [1.29, 1.82) is 0 Å². The average molecular weight is 140 g/mol. The molecule has 2 aliphatic rings. The fraction of sp³-hybridized carbons (Fsp3) is 0.857. The van der Waals surface area contributed by atoms with E-state index in [1.165, 1.54) is 0 Å². The minimum absolute atomic E-state index is 0.174. The van der Waals surface area contributed by atoms with Crippen LogP contribution >= 0.6 is 0 Å². The van der Waals surface area contributed by atoms with Crippen LogP contribution in [-0.4, -0.2) is 24.5 Å². The fourth-order valence-corrected chi connectivity index (χ4v) is 1.89. The molecule has 0 aliphatic carbocycles. The van der Waals surface area contributed by atoms with Crippen molar-refractivity contribution in [3.8, 4) is 0 Å². The third-order valence-corrected chi connectivity index (χ3v) is 2.55. The van der Waals surface area contributed by atoms with Crippen LogP contribution in [-0.2, 0) is 4.79 Å². The summed E-state index contributed by atoms with van der Waals surface area (Å²) in [6.45, 7) is 3.04. The fourth-order valence-electron chi connectivity index (χ4n) is 1.89. The molecule has 0 aromatic heterocycles. The van der Waals surface area contributed by atoms with Crippen LogP contribution in [0.1, 0.15) is 13.3 Å². The van der Waals surface area contributed by atoms with Crippen molar-refractivity contribution in [3.63, 3.8) is 0 Å². The molecule has 1 amide bonds. The van der Waals surface area contributed by atoms with Gasteiger partial charge in [-0.05, 0) is 13.0 Å². The quantitative estimate of drug-likeness (QED) is 0.475. The Morgan fingerprint density at radius 2 is 2.40 bits per heavy atom. The van der Waals surface area contributed by atoms with Gasteiger partial charge in [-0.3, -0.25) is 4.79 Å². The molecule has 2 rings (SSSR count). The summed E-state index contributed by atoms with van der Waals surface area (Å²) >= 11 is 0. The van der Waals surface area contributed by atoms with E-state index in [1.807, 2.05) is 6.92 Å². The molecule has 3 atom stereocenters. The molecule has 0 radical (unpaired) electrons. The number of hydrogen-bond acceptors (Lipinski definition) is 2. The Bertz CT molecular complexity index is 169. The van der Waals surface area contributed by atoms with Crippen LogP contribution in [0.2, 0.25) is 0 Å². The summed E-state index contributed by atoms with van der Waals surface area (Å²) in [7, 11) is 0. The summed E-state index contributed by atoms with van der Waals surface area (Å²) in [6, 6.07) is 0.829. The predicted molar refractivity (Wildman–Crippen MR) is 37.5 cm³/mol. The third kappa shape index (κ3) is 0.669. The lowest BCUT2D eigenvalue weighted by atomic mass is 10.0. The molecule has 2 fully saturated rings. The van der Waals surface area contributed by atoms with Gasteiger partial charge in [0.15, 0.2) is 0 Å². The van der Waals surface area contributed by atoms with Gasteiger partial charge in [-0.1, -0.05) is 6.92 Å². The minimum atomic E-state index is 0.174. The average Bonchev–Trinajstić information content (AvgIpc) is 2.41. The molecule has 10 heavy (non-hydrogen) atoms. The van der Waals surface area contributed by atoms with Crippen molar-refractivity contribution in [2.45, 2.75) is 25.4 Å². The SMILES string of the molecule is CC1C(=O)NC2CCNC21. The van der Waals surface area contributed by atoms with E-state index in [2.05, 4.69) is 10.6 Å². The minimum Gasteiger partial charge on any atom is -0.351 e. The zero-order valence-electron chi connectivity index (χ0n) is 6.05. The van der Waals surface area contributed by atoms with E-state index in [0.29, 0.717) is 12.1 Å². The Morgan fingerprint density at radius 1 is 1.60 bits per heavy atom. The molecule has 2 aliphatic heterocycles. The van der Waals surface area contributed by atoms with Crippen LogP contribution < -0.4 is 10.6 Å². The molecule has 0 spiro atoms. The van der Waals surface area contributed by atoms with Crippen molar-refractivity contribution < 1.29 is 4.79 Å². The van der Waals surface area contributed by atoms with Gasteiger partial charge in [0.05, 0.1) is 5.92 Å². The summed E-state index contributed by atoms with van der Waals surface area (Å²) in [4.78, 5) is 11.0. The maximum atomic E-state index is 11.0. The summed E-state index contributed by atoms with van der Waals surface area (Å²) in [5.41, 5.74) is 0. The molecular weight excluding hydrogens is 128 g/mol. The molecular formula is C7H12N2O. The van der Waals surface area contributed by atoms with Crippen LogP contribution in [0.4, 0.5) is 0 Å². The second kappa shape index (κ2) is 1.95. The first kappa shape index (κ1) is 6.16. The maximum absolute atomic E-state index is 11.0. The van der Waals surface area contributed by atoms with Crippen LogP contribution in [0.5, 0.6) is 0 Å². The third-order valence-electron chi connectivity index (χ3n) is 2.55. The smallest absolute Gasteiger partial charge is 0.224 e. The van der Waals surface area contributed by atoms with Crippen molar-refractivity contribution >= 4 is 5.91 Å². The van der Waals surface area contributed by atoms with Crippen molar-refractivity contribution in [3.05, 3.63) is 0 Å². The van der Waals surface area contributed by atoms with Crippen LogP contribution in [0.3, 0.4) is 0 Å². The van der Waals surface area contributed by atoms with Gasteiger partial charge in [-0.15, -0.1) is 0 Å². The first-order valence-electron chi connectivity index (χ1n) is 3.83. The Hall–Kier alpha value is -0.570. The maximum Gasteiger partial charge on any atom is 0.224 e. The zero-order chi connectivity index (χ0) is 7.14. The molecule has 2 heterocycles. The standard InChI is InChI=1S/C7H12N2O/c1-4-6-5(2-3-8-6)9-7(4)10/h4-6,8H,2-3H2,1H3,(H,9,10). The number of carbonyl (C=O) groups excluding carboxylic acids is 1. The van der Waals surface area contributed by atoms with Crippen LogP contribution in [0, 0.1) is 5.92 Å². The number of fused-ring (bicyclic) bond motifs is 1. The Kier molecular flexibility index (Phi) is 1.20. The number of carbonyl (C=O) groups is 1. The summed E-state index contributed by atoms with van der Waals surface area (Å²) < 4.78 is 0. The van der Waals surface area contributed by atoms with Gasteiger partial charge in [-0.25, -0.2) is 0 Å². The van der Waals surface area contributed by atoms with E-state index in [4.69, 9.17) is 0 Å². The van der Waals surface area contributed by atoms with E-state index >= 15 is 0 Å². The number of hydrogen-bond donors (Lipinski definition) is 2. The second-order valence-corrected chi connectivity index (χ2v) is 3.17. The monoisotopic (exact) mass is 140 g/mol. The normalized spacial score (nSPS) is 45.3. The molecule has 3 unspecified atom stereocenters. The topological polar surface area (TPSA) is 41.1 Å². The lowest BCUT2D eigenvalue weighted by Gasteiger charge is -2.09. The zero-order valence-corrected chi connectivity index (χ0v) is 6.05. The van der Waals surface area contributed by atoms with E-state index < -0.39 is 0 Å². The highest BCUT2D eigenvalue weighted by molar-refractivity contribution is 5.82. The lowest BCUT2D eigenvalue weighted by molar-refractivity contribution is -0.122. The first-order valence-corrected chi connectivity index (χ1v) is 3.83.